The van der Waals surface area contributed by atoms with Crippen LogP contribution in [-0.4, -0.2) is 44.2 Å². The van der Waals surface area contributed by atoms with Gasteiger partial charge in [0.2, 0.25) is 5.91 Å². The molecule has 158 valence electrons. The van der Waals surface area contributed by atoms with Crippen molar-refractivity contribution in [3.05, 3.63) is 59.7 Å². The maximum Gasteiger partial charge on any atom is 0.223 e. The molecule has 1 atom stereocenters. The fourth-order valence-electron chi connectivity index (χ4n) is 3.59. The summed E-state index contributed by atoms with van der Waals surface area (Å²) >= 11 is 0. The van der Waals surface area contributed by atoms with E-state index in [1.807, 2.05) is 53.4 Å². The summed E-state index contributed by atoms with van der Waals surface area (Å²) in [6, 6.07) is 16.0. The number of carbonyl (C=O) groups excluding carboxylic acids is 1. The third-order valence-electron chi connectivity index (χ3n) is 5.09. The van der Waals surface area contributed by atoms with Crippen molar-refractivity contribution >= 4 is 18.3 Å². The van der Waals surface area contributed by atoms with Crippen LogP contribution < -0.4 is 14.8 Å². The van der Waals surface area contributed by atoms with Crippen LogP contribution in [0.15, 0.2) is 48.5 Å². The summed E-state index contributed by atoms with van der Waals surface area (Å²) in [5, 5.41) is 3.40. The summed E-state index contributed by atoms with van der Waals surface area (Å²) in [6.07, 6.45) is 2.23. The summed E-state index contributed by atoms with van der Waals surface area (Å²) < 4.78 is 11.1. The largest absolute Gasteiger partial charge is 0.496 e. The van der Waals surface area contributed by atoms with E-state index in [4.69, 9.17) is 9.47 Å². The molecule has 5 nitrogen and oxygen atoms in total. The molecule has 0 bridgehead atoms. The molecule has 2 aromatic carbocycles. The Bertz CT molecular complexity index is 767. The van der Waals surface area contributed by atoms with E-state index in [1.165, 1.54) is 0 Å². The second-order valence-corrected chi connectivity index (χ2v) is 7.04. The maximum absolute atomic E-state index is 13.0. The summed E-state index contributed by atoms with van der Waals surface area (Å²) in [4.78, 5) is 15.0. The van der Waals surface area contributed by atoms with Gasteiger partial charge in [0.25, 0.3) is 0 Å². The number of halogens is 1. The first kappa shape index (κ1) is 23.0. The third kappa shape index (κ3) is 6.12. The van der Waals surface area contributed by atoms with Crippen molar-refractivity contribution in [2.24, 2.45) is 0 Å². The molecular formula is C23H31ClN2O3. The molecule has 6 heteroatoms. The second kappa shape index (κ2) is 11.7. The van der Waals surface area contributed by atoms with Crippen LogP contribution in [0, 0.1) is 0 Å². The Morgan fingerprint density at radius 2 is 1.93 bits per heavy atom. The first-order valence-corrected chi connectivity index (χ1v) is 10.1. The highest BCUT2D eigenvalue weighted by molar-refractivity contribution is 5.85. The molecule has 29 heavy (non-hydrogen) atoms. The predicted molar refractivity (Wildman–Crippen MR) is 118 cm³/mol. The Labute approximate surface area is 179 Å². The fraction of sp³-hybridized carbons (Fsp3) is 0.435. The molecule has 1 fully saturated rings. The van der Waals surface area contributed by atoms with Crippen LogP contribution in [0.2, 0.25) is 0 Å². The van der Waals surface area contributed by atoms with E-state index < -0.39 is 0 Å². The molecule has 0 spiro atoms. The standard InChI is InChI=1S/C23H30N2O3.ClH/c1-3-16-28-19-11-8-18(9-12-19)10-13-23(26)25-15-14-24-17-21(25)20-6-4-5-7-22(20)27-2;/h4-9,11-12,21,24H,3,10,13-17H2,1-2H3;1H. The Morgan fingerprint density at radius 1 is 1.17 bits per heavy atom. The lowest BCUT2D eigenvalue weighted by molar-refractivity contribution is -0.134. The van der Waals surface area contributed by atoms with E-state index in [-0.39, 0.29) is 24.4 Å². The molecule has 1 saturated heterocycles. The molecule has 3 rings (SSSR count). The number of amides is 1. The number of hydrogen-bond donors (Lipinski definition) is 1. The molecule has 1 heterocycles. The number of carbonyl (C=O) groups is 1. The van der Waals surface area contributed by atoms with Gasteiger partial charge in [0, 0.05) is 31.6 Å². The number of hydrogen-bond acceptors (Lipinski definition) is 4. The monoisotopic (exact) mass is 418 g/mol. The molecule has 1 aliphatic heterocycles. The number of benzene rings is 2. The molecule has 1 aliphatic rings. The van der Waals surface area contributed by atoms with Gasteiger partial charge in [-0.1, -0.05) is 37.3 Å². The van der Waals surface area contributed by atoms with Gasteiger partial charge in [-0.05, 0) is 36.6 Å². The third-order valence-corrected chi connectivity index (χ3v) is 5.09. The van der Waals surface area contributed by atoms with Crippen molar-refractivity contribution in [2.75, 3.05) is 33.4 Å². The Hall–Kier alpha value is -2.24. The average molecular weight is 419 g/mol. The summed E-state index contributed by atoms with van der Waals surface area (Å²) in [7, 11) is 1.68. The number of aryl methyl sites for hydroxylation is 1. The zero-order valence-electron chi connectivity index (χ0n) is 17.2. The van der Waals surface area contributed by atoms with Crippen LogP contribution in [0.5, 0.6) is 11.5 Å². The quantitative estimate of drug-likeness (QED) is 0.703. The van der Waals surface area contributed by atoms with Crippen molar-refractivity contribution in [3.63, 3.8) is 0 Å². The van der Waals surface area contributed by atoms with Gasteiger partial charge < -0.3 is 19.7 Å². The van der Waals surface area contributed by atoms with Crippen LogP contribution >= 0.6 is 12.4 Å². The number of rotatable bonds is 8. The Morgan fingerprint density at radius 3 is 2.66 bits per heavy atom. The highest BCUT2D eigenvalue weighted by Crippen LogP contribution is 2.30. The highest BCUT2D eigenvalue weighted by atomic mass is 35.5. The molecule has 0 aromatic heterocycles. The number of para-hydroxylation sites is 1. The van der Waals surface area contributed by atoms with Crippen LogP contribution in [0.25, 0.3) is 0 Å². The molecule has 0 radical (unpaired) electrons. The average Bonchev–Trinajstić information content (AvgIpc) is 2.76. The van der Waals surface area contributed by atoms with Gasteiger partial charge in [-0.3, -0.25) is 4.79 Å². The van der Waals surface area contributed by atoms with Crippen molar-refractivity contribution in [1.29, 1.82) is 0 Å². The smallest absolute Gasteiger partial charge is 0.223 e. The first-order chi connectivity index (χ1) is 13.7. The molecule has 0 saturated carbocycles. The van der Waals surface area contributed by atoms with E-state index in [0.29, 0.717) is 13.0 Å². The first-order valence-electron chi connectivity index (χ1n) is 10.1. The van der Waals surface area contributed by atoms with Gasteiger partial charge >= 0.3 is 0 Å². The van der Waals surface area contributed by atoms with Crippen LogP contribution in [0.4, 0.5) is 0 Å². The number of methoxy groups -OCH3 is 1. The predicted octanol–water partition coefficient (Wildman–Crippen LogP) is 4.01. The van der Waals surface area contributed by atoms with Crippen molar-refractivity contribution < 1.29 is 14.3 Å². The minimum Gasteiger partial charge on any atom is -0.496 e. The maximum atomic E-state index is 13.0. The van der Waals surface area contributed by atoms with Gasteiger partial charge in [0.05, 0.1) is 19.8 Å². The second-order valence-electron chi connectivity index (χ2n) is 7.04. The number of nitrogens with zero attached hydrogens (tertiary/aromatic N) is 1. The van der Waals surface area contributed by atoms with E-state index >= 15 is 0 Å². The number of nitrogens with one attached hydrogen (secondary N) is 1. The lowest BCUT2D eigenvalue weighted by Crippen LogP contribution is -2.48. The lowest BCUT2D eigenvalue weighted by Gasteiger charge is -2.37. The molecule has 2 aromatic rings. The Balaban J connectivity index is 0.00000300. The van der Waals surface area contributed by atoms with Gasteiger partial charge in [0.1, 0.15) is 11.5 Å². The summed E-state index contributed by atoms with van der Waals surface area (Å²) in [6.45, 7) is 5.10. The van der Waals surface area contributed by atoms with Gasteiger partial charge in [-0.15, -0.1) is 12.4 Å². The van der Waals surface area contributed by atoms with Crippen molar-refractivity contribution in [2.45, 2.75) is 32.2 Å². The zero-order chi connectivity index (χ0) is 19.8. The number of piperazine rings is 1. The van der Waals surface area contributed by atoms with E-state index in [1.54, 1.807) is 7.11 Å². The topological polar surface area (TPSA) is 50.8 Å². The van der Waals surface area contributed by atoms with Crippen LogP contribution in [-0.2, 0) is 11.2 Å². The SMILES string of the molecule is CCCOc1ccc(CCC(=O)N2CCNCC2c2ccccc2OC)cc1.Cl. The van der Waals surface area contributed by atoms with Gasteiger partial charge in [-0.2, -0.15) is 0 Å². The Kier molecular flexibility index (Phi) is 9.29. The summed E-state index contributed by atoms with van der Waals surface area (Å²) in [5.41, 5.74) is 2.21. The van der Waals surface area contributed by atoms with E-state index in [9.17, 15) is 4.79 Å². The highest BCUT2D eigenvalue weighted by Gasteiger charge is 2.29. The lowest BCUT2D eigenvalue weighted by atomic mass is 10.0. The zero-order valence-corrected chi connectivity index (χ0v) is 18.0. The molecule has 1 amide bonds. The number of ether oxygens (including phenoxy) is 2. The van der Waals surface area contributed by atoms with Crippen molar-refractivity contribution in [3.8, 4) is 11.5 Å². The molecule has 0 aliphatic carbocycles. The normalized spacial score (nSPS) is 16.1. The minimum absolute atomic E-state index is 0. The van der Waals surface area contributed by atoms with Crippen LogP contribution in [0.1, 0.15) is 36.9 Å². The van der Waals surface area contributed by atoms with E-state index in [2.05, 4.69) is 12.2 Å². The fourth-order valence-corrected chi connectivity index (χ4v) is 3.59. The van der Waals surface area contributed by atoms with Gasteiger partial charge in [-0.25, -0.2) is 0 Å². The molecule has 1 unspecified atom stereocenters. The minimum atomic E-state index is 0. The summed E-state index contributed by atoms with van der Waals surface area (Å²) in [5.74, 6) is 1.90. The van der Waals surface area contributed by atoms with Gasteiger partial charge in [0.15, 0.2) is 0 Å². The van der Waals surface area contributed by atoms with E-state index in [0.717, 1.165) is 55.2 Å². The molecule has 1 N–H and O–H groups in total. The van der Waals surface area contributed by atoms with Crippen LogP contribution in [0.3, 0.4) is 0 Å². The van der Waals surface area contributed by atoms with Crippen molar-refractivity contribution in [1.82, 2.24) is 10.2 Å². The molecular weight excluding hydrogens is 388 g/mol.